The van der Waals surface area contributed by atoms with Crippen LogP contribution in [0.5, 0.6) is 0 Å². The molecule has 1 aromatic carbocycles. The Morgan fingerprint density at radius 1 is 0.974 bits per heavy atom. The molecule has 10 heteroatoms. The summed E-state index contributed by atoms with van der Waals surface area (Å²) in [6, 6.07) is 6.92. The average Bonchev–Trinajstić information content (AvgIpc) is 3.31. The van der Waals surface area contributed by atoms with Gasteiger partial charge >= 0.3 is 6.09 Å². The molecule has 0 bridgehead atoms. The highest BCUT2D eigenvalue weighted by Gasteiger charge is 2.36. The zero-order chi connectivity index (χ0) is 27.5. The molecule has 1 heterocycles. The quantitative estimate of drug-likeness (QED) is 0.307. The van der Waals surface area contributed by atoms with Gasteiger partial charge in [-0.1, -0.05) is 63.4 Å². The SMILES string of the molecule is CC(C)C[C@H](NC(=O)OCc1ccccc1)C(=O)N[C@@H](CC1CCNC1=O)C(=O)C(=O)NC1CCCCC1. The van der Waals surface area contributed by atoms with Crippen LogP contribution in [0.25, 0.3) is 0 Å². The number of alkyl carbamates (subject to hydrolysis) is 1. The first kappa shape index (κ1) is 29.1. The van der Waals surface area contributed by atoms with E-state index >= 15 is 0 Å². The van der Waals surface area contributed by atoms with E-state index in [-0.39, 0.29) is 30.9 Å². The lowest BCUT2D eigenvalue weighted by molar-refractivity contribution is -0.141. The third-order valence-corrected chi connectivity index (χ3v) is 7.01. The molecule has 3 atom stereocenters. The van der Waals surface area contributed by atoms with Crippen LogP contribution in [0, 0.1) is 11.8 Å². The van der Waals surface area contributed by atoms with Crippen LogP contribution in [0.3, 0.4) is 0 Å². The van der Waals surface area contributed by atoms with Crippen LogP contribution in [-0.4, -0.2) is 54.3 Å². The van der Waals surface area contributed by atoms with Gasteiger partial charge in [-0.15, -0.1) is 0 Å². The van der Waals surface area contributed by atoms with Gasteiger partial charge in [0.05, 0.1) is 6.04 Å². The molecule has 1 aliphatic carbocycles. The van der Waals surface area contributed by atoms with Crippen molar-refractivity contribution in [3.63, 3.8) is 0 Å². The summed E-state index contributed by atoms with van der Waals surface area (Å²) in [4.78, 5) is 64.0. The van der Waals surface area contributed by atoms with Crippen molar-refractivity contribution in [3.8, 4) is 0 Å². The number of carbonyl (C=O) groups excluding carboxylic acids is 5. The first-order chi connectivity index (χ1) is 18.2. The number of carbonyl (C=O) groups is 5. The van der Waals surface area contributed by atoms with E-state index in [0.29, 0.717) is 19.4 Å². The molecule has 3 rings (SSSR count). The van der Waals surface area contributed by atoms with E-state index in [1.54, 1.807) is 0 Å². The third-order valence-electron chi connectivity index (χ3n) is 7.01. The number of amides is 4. The summed E-state index contributed by atoms with van der Waals surface area (Å²) < 4.78 is 5.27. The van der Waals surface area contributed by atoms with Crippen molar-refractivity contribution >= 4 is 29.6 Å². The van der Waals surface area contributed by atoms with Crippen LogP contribution in [0.2, 0.25) is 0 Å². The van der Waals surface area contributed by atoms with Gasteiger partial charge in [-0.25, -0.2) is 4.79 Å². The Labute approximate surface area is 224 Å². The maximum Gasteiger partial charge on any atom is 0.408 e. The smallest absolute Gasteiger partial charge is 0.408 e. The van der Waals surface area contributed by atoms with Gasteiger partial charge in [-0.05, 0) is 43.6 Å². The molecule has 1 aromatic rings. The van der Waals surface area contributed by atoms with E-state index in [1.807, 2.05) is 44.2 Å². The van der Waals surface area contributed by atoms with Gasteiger partial charge in [-0.3, -0.25) is 19.2 Å². The summed E-state index contributed by atoms with van der Waals surface area (Å²) in [6.07, 6.45) is 4.78. The van der Waals surface area contributed by atoms with Crippen LogP contribution in [0.1, 0.15) is 70.8 Å². The Hall–Kier alpha value is -3.43. The normalized spacial score (nSPS) is 19.2. The molecule has 10 nitrogen and oxygen atoms in total. The summed E-state index contributed by atoms with van der Waals surface area (Å²) in [5, 5.41) is 10.8. The lowest BCUT2D eigenvalue weighted by atomic mass is 9.93. The Kier molecular flexibility index (Phi) is 11.1. The number of ether oxygens (including phenoxy) is 1. The highest BCUT2D eigenvalue weighted by atomic mass is 16.5. The van der Waals surface area contributed by atoms with Gasteiger partial charge in [0.25, 0.3) is 5.91 Å². The molecule has 1 saturated heterocycles. The molecule has 4 N–H and O–H groups in total. The minimum Gasteiger partial charge on any atom is -0.445 e. The third kappa shape index (κ3) is 9.15. The maximum atomic E-state index is 13.3. The second-order valence-corrected chi connectivity index (χ2v) is 10.6. The second-order valence-electron chi connectivity index (χ2n) is 10.6. The standard InChI is InChI=1S/C28H40N4O6/c1-18(2)15-23(32-28(37)38-17-19-9-5-3-6-10-19)26(35)31-22(16-20-13-14-29-25(20)34)24(33)27(36)30-21-11-7-4-8-12-21/h3,5-6,9-10,18,20-23H,4,7-8,11-17H2,1-2H3,(H,29,34)(H,30,36)(H,31,35)(H,32,37)/t20?,22-,23-/m0/s1. The Morgan fingerprint density at radius 2 is 1.68 bits per heavy atom. The zero-order valence-corrected chi connectivity index (χ0v) is 22.3. The molecule has 2 fully saturated rings. The maximum absolute atomic E-state index is 13.3. The number of hydrogen-bond donors (Lipinski definition) is 4. The molecule has 4 amide bonds. The van der Waals surface area contributed by atoms with Crippen molar-refractivity contribution in [2.24, 2.45) is 11.8 Å². The molecule has 208 valence electrons. The van der Waals surface area contributed by atoms with Gasteiger partial charge in [0, 0.05) is 18.5 Å². The van der Waals surface area contributed by atoms with Crippen molar-refractivity contribution in [2.45, 2.75) is 89.9 Å². The first-order valence-electron chi connectivity index (χ1n) is 13.6. The second kappa shape index (κ2) is 14.5. The summed E-state index contributed by atoms with van der Waals surface area (Å²) >= 11 is 0. The van der Waals surface area contributed by atoms with Crippen molar-refractivity contribution in [2.75, 3.05) is 6.54 Å². The van der Waals surface area contributed by atoms with Crippen LogP contribution >= 0.6 is 0 Å². The van der Waals surface area contributed by atoms with E-state index in [4.69, 9.17) is 4.74 Å². The van der Waals surface area contributed by atoms with Crippen molar-refractivity contribution in [1.29, 1.82) is 0 Å². The molecular formula is C28H40N4O6. The number of Topliss-reactive ketones (excluding diaryl/α,β-unsaturated/α-hetero) is 1. The molecular weight excluding hydrogens is 488 g/mol. The number of nitrogens with one attached hydrogen (secondary N) is 4. The lowest BCUT2D eigenvalue weighted by Gasteiger charge is -2.26. The highest BCUT2D eigenvalue weighted by Crippen LogP contribution is 2.19. The topological polar surface area (TPSA) is 143 Å². The molecule has 1 unspecified atom stereocenters. The van der Waals surface area contributed by atoms with E-state index in [1.165, 1.54) is 0 Å². The lowest BCUT2D eigenvalue weighted by Crippen LogP contribution is -2.55. The minimum atomic E-state index is -1.18. The van der Waals surface area contributed by atoms with Gasteiger partial charge in [-0.2, -0.15) is 0 Å². The van der Waals surface area contributed by atoms with Gasteiger partial charge in [0.15, 0.2) is 0 Å². The summed E-state index contributed by atoms with van der Waals surface area (Å²) in [5.41, 5.74) is 0.803. The Balaban J connectivity index is 1.66. The van der Waals surface area contributed by atoms with E-state index in [2.05, 4.69) is 21.3 Å². The summed E-state index contributed by atoms with van der Waals surface area (Å²) in [7, 11) is 0. The highest BCUT2D eigenvalue weighted by molar-refractivity contribution is 6.38. The fourth-order valence-electron chi connectivity index (χ4n) is 4.93. The number of rotatable bonds is 12. The van der Waals surface area contributed by atoms with Crippen LogP contribution in [0.4, 0.5) is 4.79 Å². The van der Waals surface area contributed by atoms with Gasteiger partial charge < -0.3 is 26.0 Å². The van der Waals surface area contributed by atoms with Gasteiger partial charge in [0.1, 0.15) is 12.6 Å². The predicted molar refractivity (Wildman–Crippen MR) is 141 cm³/mol. The fourth-order valence-corrected chi connectivity index (χ4v) is 4.93. The molecule has 38 heavy (non-hydrogen) atoms. The van der Waals surface area contributed by atoms with Crippen LogP contribution < -0.4 is 21.3 Å². The molecule has 0 aromatic heterocycles. The van der Waals surface area contributed by atoms with Crippen LogP contribution in [0.15, 0.2) is 30.3 Å². The predicted octanol–water partition coefficient (Wildman–Crippen LogP) is 2.36. The zero-order valence-electron chi connectivity index (χ0n) is 22.3. The largest absolute Gasteiger partial charge is 0.445 e. The first-order valence-corrected chi connectivity index (χ1v) is 13.6. The monoisotopic (exact) mass is 528 g/mol. The number of benzene rings is 1. The molecule has 1 aliphatic heterocycles. The number of ketones is 1. The van der Waals surface area contributed by atoms with Crippen molar-refractivity contribution in [1.82, 2.24) is 21.3 Å². The van der Waals surface area contributed by atoms with E-state index in [9.17, 15) is 24.0 Å². The molecule has 2 aliphatic rings. The van der Waals surface area contributed by atoms with Gasteiger partial charge in [0.2, 0.25) is 17.6 Å². The van der Waals surface area contributed by atoms with E-state index in [0.717, 1.165) is 37.7 Å². The Morgan fingerprint density at radius 3 is 2.32 bits per heavy atom. The molecule has 0 radical (unpaired) electrons. The minimum absolute atomic E-state index is 0.0152. The van der Waals surface area contributed by atoms with E-state index < -0.39 is 41.7 Å². The summed E-state index contributed by atoms with van der Waals surface area (Å²) in [5.74, 6) is -2.78. The molecule has 0 spiro atoms. The fraction of sp³-hybridized carbons (Fsp3) is 0.607. The summed E-state index contributed by atoms with van der Waals surface area (Å²) in [6.45, 7) is 4.33. The van der Waals surface area contributed by atoms with Crippen molar-refractivity contribution in [3.05, 3.63) is 35.9 Å². The Bertz CT molecular complexity index is 977. The number of hydrogen-bond acceptors (Lipinski definition) is 6. The van der Waals surface area contributed by atoms with Crippen LogP contribution in [-0.2, 0) is 30.5 Å². The average molecular weight is 529 g/mol. The van der Waals surface area contributed by atoms with Crippen molar-refractivity contribution < 1.29 is 28.7 Å². The molecule has 1 saturated carbocycles.